The number of rotatable bonds is 6. The summed E-state index contributed by atoms with van der Waals surface area (Å²) in [6.07, 6.45) is 0.541. The second-order valence-corrected chi connectivity index (χ2v) is 8.11. The molecular weight excluding hydrogens is 378 g/mol. The van der Waals surface area contributed by atoms with Crippen molar-refractivity contribution < 1.29 is 23.3 Å². The van der Waals surface area contributed by atoms with Crippen molar-refractivity contribution >= 4 is 22.7 Å². The fourth-order valence-electron chi connectivity index (χ4n) is 3.01. The maximum atomic E-state index is 12.7. The molecule has 2 unspecified atom stereocenters. The van der Waals surface area contributed by atoms with Gasteiger partial charge in [0, 0.05) is 16.7 Å². The van der Waals surface area contributed by atoms with Crippen LogP contribution in [0.2, 0.25) is 0 Å². The molecule has 6 nitrogen and oxygen atoms in total. The van der Waals surface area contributed by atoms with Crippen LogP contribution in [-0.2, 0) is 31.5 Å². The molecule has 3 rings (SSSR count). The van der Waals surface area contributed by atoms with E-state index in [-0.39, 0.29) is 12.0 Å². The average molecular weight is 401 g/mol. The lowest BCUT2D eigenvalue weighted by molar-refractivity contribution is -0.152. The fourth-order valence-corrected chi connectivity index (χ4v) is 4.09. The lowest BCUT2D eigenvalue weighted by Gasteiger charge is -2.27. The minimum absolute atomic E-state index is 0.193. The molecule has 1 aliphatic heterocycles. The molecular formula is C21H23NO5S. The van der Waals surface area contributed by atoms with Crippen LogP contribution in [0.1, 0.15) is 25.8 Å². The van der Waals surface area contributed by atoms with E-state index in [2.05, 4.69) is 5.32 Å². The van der Waals surface area contributed by atoms with Gasteiger partial charge in [-0.3, -0.25) is 9.59 Å². The summed E-state index contributed by atoms with van der Waals surface area (Å²) in [7, 11) is -1.28. The van der Waals surface area contributed by atoms with E-state index in [1.807, 2.05) is 48.5 Å². The molecule has 28 heavy (non-hydrogen) atoms. The molecule has 148 valence electrons. The smallest absolute Gasteiger partial charge is 0.303 e. The molecule has 0 saturated heterocycles. The molecule has 1 aliphatic rings. The molecule has 7 heteroatoms. The number of carbonyl (C=O) groups excluding carboxylic acids is 2. The number of hydrogen-bond donors (Lipinski definition) is 1. The van der Waals surface area contributed by atoms with Crippen molar-refractivity contribution in [2.24, 2.45) is 0 Å². The number of benzene rings is 2. The zero-order valence-corrected chi connectivity index (χ0v) is 16.7. The Balaban J connectivity index is 1.63. The summed E-state index contributed by atoms with van der Waals surface area (Å²) in [5, 5.41) is 2.75. The standard InChI is InChI=1S/C21H23NO5S/c1-14(26-15(2)23)21(24)22-13-17-10-8-16-9-11-19(12-20(16)27-17)28(25)18-6-4-3-5-7-18/h3-7,9,11-12,14,17H,8,10,13H2,1-2H3,(H,22,24)/t14?,17-,28?/m1/s1. The van der Waals surface area contributed by atoms with Gasteiger partial charge in [0.25, 0.3) is 5.91 Å². The topological polar surface area (TPSA) is 81.7 Å². The monoisotopic (exact) mass is 401 g/mol. The predicted molar refractivity (Wildman–Crippen MR) is 105 cm³/mol. The Hall–Kier alpha value is -2.67. The number of nitrogens with one attached hydrogen (secondary N) is 1. The molecule has 1 heterocycles. The summed E-state index contributed by atoms with van der Waals surface area (Å²) in [6.45, 7) is 3.11. The molecule has 0 spiro atoms. The van der Waals surface area contributed by atoms with E-state index in [0.29, 0.717) is 17.2 Å². The van der Waals surface area contributed by atoms with Gasteiger partial charge in [-0.25, -0.2) is 4.21 Å². The van der Waals surface area contributed by atoms with Crippen LogP contribution in [0.4, 0.5) is 0 Å². The average Bonchev–Trinajstić information content (AvgIpc) is 2.71. The van der Waals surface area contributed by atoms with Gasteiger partial charge in [0.1, 0.15) is 11.9 Å². The van der Waals surface area contributed by atoms with Crippen molar-refractivity contribution in [3.8, 4) is 5.75 Å². The van der Waals surface area contributed by atoms with E-state index in [1.165, 1.54) is 13.8 Å². The van der Waals surface area contributed by atoms with Gasteiger partial charge in [-0.1, -0.05) is 24.3 Å². The van der Waals surface area contributed by atoms with Crippen LogP contribution in [0.25, 0.3) is 0 Å². The van der Waals surface area contributed by atoms with Gasteiger partial charge < -0.3 is 14.8 Å². The molecule has 0 aliphatic carbocycles. The van der Waals surface area contributed by atoms with Crippen molar-refractivity contribution in [3.63, 3.8) is 0 Å². The highest BCUT2D eigenvalue weighted by molar-refractivity contribution is 7.85. The summed E-state index contributed by atoms with van der Waals surface area (Å²) < 4.78 is 23.6. The van der Waals surface area contributed by atoms with E-state index in [9.17, 15) is 13.8 Å². The van der Waals surface area contributed by atoms with Crippen LogP contribution in [0.15, 0.2) is 58.3 Å². The lowest BCUT2D eigenvalue weighted by Crippen LogP contribution is -2.42. The quantitative estimate of drug-likeness (QED) is 0.753. The summed E-state index contributed by atoms with van der Waals surface area (Å²) in [5.41, 5.74) is 1.06. The van der Waals surface area contributed by atoms with Gasteiger partial charge in [0.2, 0.25) is 0 Å². The summed E-state index contributed by atoms with van der Waals surface area (Å²) in [5.74, 6) is -0.159. The molecule has 1 N–H and O–H groups in total. The first kappa shape index (κ1) is 20.1. The number of hydrogen-bond acceptors (Lipinski definition) is 5. The largest absolute Gasteiger partial charge is 0.488 e. The van der Waals surface area contributed by atoms with E-state index >= 15 is 0 Å². The van der Waals surface area contributed by atoms with Gasteiger partial charge in [-0.05, 0) is 49.6 Å². The van der Waals surface area contributed by atoms with Crippen LogP contribution in [0.5, 0.6) is 5.75 Å². The number of fused-ring (bicyclic) bond motifs is 1. The van der Waals surface area contributed by atoms with Crippen molar-refractivity contribution in [1.82, 2.24) is 5.32 Å². The Morgan fingerprint density at radius 2 is 1.96 bits per heavy atom. The number of ether oxygens (including phenoxy) is 2. The summed E-state index contributed by atoms with van der Waals surface area (Å²) in [6, 6.07) is 14.9. The fraction of sp³-hybridized carbons (Fsp3) is 0.333. The van der Waals surface area contributed by atoms with Gasteiger partial charge >= 0.3 is 5.97 Å². The van der Waals surface area contributed by atoms with Crippen LogP contribution in [0.3, 0.4) is 0 Å². The summed E-state index contributed by atoms with van der Waals surface area (Å²) >= 11 is 0. The van der Waals surface area contributed by atoms with Crippen LogP contribution in [-0.4, -0.2) is 34.8 Å². The molecule has 0 aromatic heterocycles. The van der Waals surface area contributed by atoms with E-state index in [1.54, 1.807) is 0 Å². The Kier molecular flexibility index (Phi) is 6.46. The summed E-state index contributed by atoms with van der Waals surface area (Å²) in [4.78, 5) is 24.3. The maximum Gasteiger partial charge on any atom is 0.303 e. The molecule has 0 radical (unpaired) electrons. The van der Waals surface area contributed by atoms with Crippen LogP contribution < -0.4 is 10.1 Å². The number of carbonyl (C=O) groups is 2. The third-order valence-corrected chi connectivity index (χ3v) is 5.84. The van der Waals surface area contributed by atoms with Crippen LogP contribution in [0, 0.1) is 0 Å². The van der Waals surface area contributed by atoms with Crippen molar-refractivity contribution in [2.75, 3.05) is 6.54 Å². The number of amides is 1. The highest BCUT2D eigenvalue weighted by Crippen LogP contribution is 2.30. The Bertz CT molecular complexity index is 884. The second kappa shape index (κ2) is 9.01. The second-order valence-electron chi connectivity index (χ2n) is 6.63. The third-order valence-electron chi connectivity index (χ3n) is 4.46. The zero-order chi connectivity index (χ0) is 20.1. The Labute approximate surface area is 166 Å². The zero-order valence-electron chi connectivity index (χ0n) is 15.8. The molecule has 0 bridgehead atoms. The molecule has 3 atom stereocenters. The normalized spacial score (nSPS) is 17.6. The molecule has 0 fully saturated rings. The van der Waals surface area contributed by atoms with Crippen molar-refractivity contribution in [1.29, 1.82) is 0 Å². The molecule has 0 saturated carbocycles. The minimum atomic E-state index is -1.28. The van der Waals surface area contributed by atoms with Gasteiger partial charge in [0.05, 0.1) is 17.3 Å². The first-order chi connectivity index (χ1) is 13.4. The van der Waals surface area contributed by atoms with Crippen molar-refractivity contribution in [3.05, 3.63) is 54.1 Å². The van der Waals surface area contributed by atoms with Gasteiger partial charge in [-0.15, -0.1) is 0 Å². The van der Waals surface area contributed by atoms with Crippen molar-refractivity contribution in [2.45, 2.75) is 48.7 Å². The SMILES string of the molecule is CC(=O)OC(C)C(=O)NC[C@H]1CCc2ccc(S(=O)c3ccccc3)cc2O1. The van der Waals surface area contributed by atoms with E-state index in [0.717, 1.165) is 23.3 Å². The lowest BCUT2D eigenvalue weighted by atomic mass is 10.0. The first-order valence-electron chi connectivity index (χ1n) is 9.15. The third kappa shape index (κ3) is 4.98. The Morgan fingerprint density at radius 3 is 2.68 bits per heavy atom. The molecule has 2 aromatic carbocycles. The number of aryl methyl sites for hydroxylation is 1. The number of esters is 1. The molecule has 1 amide bonds. The minimum Gasteiger partial charge on any atom is -0.488 e. The van der Waals surface area contributed by atoms with E-state index in [4.69, 9.17) is 9.47 Å². The van der Waals surface area contributed by atoms with Gasteiger partial charge in [0.15, 0.2) is 6.10 Å². The van der Waals surface area contributed by atoms with E-state index < -0.39 is 22.9 Å². The van der Waals surface area contributed by atoms with Gasteiger partial charge in [-0.2, -0.15) is 0 Å². The maximum absolute atomic E-state index is 12.7. The highest BCUT2D eigenvalue weighted by atomic mass is 32.2. The first-order valence-corrected chi connectivity index (χ1v) is 10.3. The highest BCUT2D eigenvalue weighted by Gasteiger charge is 2.23. The molecule has 2 aromatic rings. The Morgan fingerprint density at radius 1 is 1.21 bits per heavy atom. The predicted octanol–water partition coefficient (Wildman–Crippen LogP) is 2.61. The van der Waals surface area contributed by atoms with Crippen LogP contribution >= 0.6 is 0 Å².